The van der Waals surface area contributed by atoms with Gasteiger partial charge in [-0.15, -0.1) is 0 Å². The summed E-state index contributed by atoms with van der Waals surface area (Å²) in [6.45, 7) is 2.69. The smallest absolute Gasteiger partial charge is 0.261 e. The lowest BCUT2D eigenvalue weighted by atomic mass is 10.1. The molecule has 5 heteroatoms. The Kier molecular flexibility index (Phi) is 6.73. The standard InChI is InChI=1S/C23H25NO4/c1-3-21(28-22-13-6-9-17-8-4-5-12-20(17)22)23(25)24-14-15-27-19-11-7-10-18(16-19)26-2/h4-13,16,21H,3,14-15H2,1-2H3,(H,24,25)/t21-/m0/s1. The number of carbonyl (C=O) groups excluding carboxylic acids is 1. The number of benzene rings is 3. The second-order valence-electron chi connectivity index (χ2n) is 6.31. The van der Waals surface area contributed by atoms with Crippen LogP contribution in [0.15, 0.2) is 66.7 Å². The largest absolute Gasteiger partial charge is 0.497 e. The van der Waals surface area contributed by atoms with E-state index in [1.807, 2.05) is 67.6 Å². The molecule has 3 aromatic carbocycles. The van der Waals surface area contributed by atoms with E-state index in [2.05, 4.69) is 5.32 Å². The summed E-state index contributed by atoms with van der Waals surface area (Å²) in [5.74, 6) is 2.00. The SMILES string of the molecule is CC[C@H](Oc1cccc2ccccc12)C(=O)NCCOc1cccc(OC)c1. The molecular formula is C23H25NO4. The summed E-state index contributed by atoms with van der Waals surface area (Å²) in [6.07, 6.45) is 0.0221. The number of methoxy groups -OCH3 is 1. The zero-order valence-corrected chi connectivity index (χ0v) is 16.2. The average molecular weight is 379 g/mol. The molecule has 3 rings (SSSR count). The molecule has 3 aromatic rings. The second-order valence-corrected chi connectivity index (χ2v) is 6.31. The Hall–Kier alpha value is -3.21. The van der Waals surface area contributed by atoms with Gasteiger partial charge in [0.15, 0.2) is 6.10 Å². The summed E-state index contributed by atoms with van der Waals surface area (Å²) in [6, 6.07) is 21.2. The maximum Gasteiger partial charge on any atom is 0.261 e. The molecule has 0 bridgehead atoms. The highest BCUT2D eigenvalue weighted by molar-refractivity contribution is 5.89. The Morgan fingerprint density at radius 2 is 1.75 bits per heavy atom. The van der Waals surface area contributed by atoms with Crippen molar-refractivity contribution in [3.05, 3.63) is 66.7 Å². The first kappa shape index (κ1) is 19.5. The number of nitrogens with one attached hydrogen (secondary N) is 1. The summed E-state index contributed by atoms with van der Waals surface area (Å²) in [5.41, 5.74) is 0. The first-order valence-corrected chi connectivity index (χ1v) is 9.40. The van der Waals surface area contributed by atoms with E-state index in [1.165, 1.54) is 0 Å². The first-order chi connectivity index (χ1) is 13.7. The first-order valence-electron chi connectivity index (χ1n) is 9.40. The molecule has 1 amide bonds. The van der Waals surface area contributed by atoms with Crippen LogP contribution < -0.4 is 19.5 Å². The molecule has 0 heterocycles. The maximum atomic E-state index is 12.5. The molecule has 1 atom stereocenters. The van der Waals surface area contributed by atoms with Crippen LogP contribution in [0.2, 0.25) is 0 Å². The van der Waals surface area contributed by atoms with Crippen LogP contribution in [-0.4, -0.2) is 32.3 Å². The van der Waals surface area contributed by atoms with E-state index in [-0.39, 0.29) is 5.91 Å². The Labute approximate surface area is 165 Å². The van der Waals surface area contributed by atoms with Crippen LogP contribution in [0.25, 0.3) is 10.8 Å². The van der Waals surface area contributed by atoms with Crippen molar-refractivity contribution in [2.75, 3.05) is 20.3 Å². The number of ether oxygens (including phenoxy) is 3. The van der Waals surface area contributed by atoms with Gasteiger partial charge in [0.25, 0.3) is 5.91 Å². The summed E-state index contributed by atoms with van der Waals surface area (Å²) in [7, 11) is 1.61. The lowest BCUT2D eigenvalue weighted by Crippen LogP contribution is -2.39. The zero-order chi connectivity index (χ0) is 19.8. The van der Waals surface area contributed by atoms with Crippen LogP contribution in [0.1, 0.15) is 13.3 Å². The molecule has 0 aliphatic heterocycles. The molecule has 0 spiro atoms. The van der Waals surface area contributed by atoms with Crippen molar-refractivity contribution in [1.82, 2.24) is 5.32 Å². The van der Waals surface area contributed by atoms with E-state index in [0.29, 0.717) is 31.1 Å². The Morgan fingerprint density at radius 1 is 1.00 bits per heavy atom. The van der Waals surface area contributed by atoms with Crippen molar-refractivity contribution in [3.63, 3.8) is 0 Å². The van der Waals surface area contributed by atoms with Crippen LogP contribution >= 0.6 is 0 Å². The lowest BCUT2D eigenvalue weighted by Gasteiger charge is -2.18. The van der Waals surface area contributed by atoms with Crippen LogP contribution in [0.3, 0.4) is 0 Å². The van der Waals surface area contributed by atoms with E-state index in [4.69, 9.17) is 14.2 Å². The molecule has 5 nitrogen and oxygen atoms in total. The van der Waals surface area contributed by atoms with E-state index in [9.17, 15) is 4.79 Å². The van der Waals surface area contributed by atoms with Gasteiger partial charge >= 0.3 is 0 Å². The van der Waals surface area contributed by atoms with Crippen molar-refractivity contribution in [2.45, 2.75) is 19.4 Å². The van der Waals surface area contributed by atoms with Gasteiger partial charge in [-0.3, -0.25) is 4.79 Å². The molecule has 0 aromatic heterocycles. The molecule has 0 fully saturated rings. The predicted molar refractivity (Wildman–Crippen MR) is 110 cm³/mol. The number of rotatable bonds is 9. The summed E-state index contributed by atoms with van der Waals surface area (Å²) in [4.78, 5) is 12.5. The van der Waals surface area contributed by atoms with Crippen LogP contribution in [0.5, 0.6) is 17.2 Å². The average Bonchev–Trinajstić information content (AvgIpc) is 2.75. The van der Waals surface area contributed by atoms with Crippen molar-refractivity contribution in [2.24, 2.45) is 0 Å². The van der Waals surface area contributed by atoms with Crippen molar-refractivity contribution < 1.29 is 19.0 Å². The van der Waals surface area contributed by atoms with Crippen LogP contribution in [-0.2, 0) is 4.79 Å². The highest BCUT2D eigenvalue weighted by Crippen LogP contribution is 2.26. The van der Waals surface area contributed by atoms with Gasteiger partial charge in [0, 0.05) is 11.5 Å². The zero-order valence-electron chi connectivity index (χ0n) is 16.2. The summed E-state index contributed by atoms with van der Waals surface area (Å²) >= 11 is 0. The third-order valence-corrected chi connectivity index (χ3v) is 4.39. The third-order valence-electron chi connectivity index (χ3n) is 4.39. The molecular weight excluding hydrogens is 354 g/mol. The van der Waals surface area contributed by atoms with Crippen molar-refractivity contribution >= 4 is 16.7 Å². The summed E-state index contributed by atoms with van der Waals surface area (Å²) in [5, 5.41) is 4.96. The van der Waals surface area contributed by atoms with Gasteiger partial charge in [-0.05, 0) is 30.0 Å². The Balaban J connectivity index is 1.53. The maximum absolute atomic E-state index is 12.5. The Morgan fingerprint density at radius 3 is 2.57 bits per heavy atom. The van der Waals surface area contributed by atoms with E-state index in [1.54, 1.807) is 13.2 Å². The molecule has 0 aliphatic carbocycles. The fraction of sp³-hybridized carbons (Fsp3) is 0.261. The minimum atomic E-state index is -0.553. The number of carbonyl (C=O) groups is 1. The third kappa shape index (κ3) is 4.94. The van der Waals surface area contributed by atoms with Crippen molar-refractivity contribution in [1.29, 1.82) is 0 Å². The lowest BCUT2D eigenvalue weighted by molar-refractivity contribution is -0.128. The highest BCUT2D eigenvalue weighted by atomic mass is 16.5. The van der Waals surface area contributed by atoms with E-state index in [0.717, 1.165) is 16.5 Å². The van der Waals surface area contributed by atoms with Gasteiger partial charge in [0.1, 0.15) is 23.9 Å². The van der Waals surface area contributed by atoms with Gasteiger partial charge in [0.2, 0.25) is 0 Å². The molecule has 0 unspecified atom stereocenters. The van der Waals surface area contributed by atoms with E-state index >= 15 is 0 Å². The topological polar surface area (TPSA) is 56.8 Å². The molecule has 0 saturated carbocycles. The predicted octanol–water partition coefficient (Wildman–Crippen LogP) is 4.20. The van der Waals surface area contributed by atoms with Gasteiger partial charge in [-0.25, -0.2) is 0 Å². The van der Waals surface area contributed by atoms with Gasteiger partial charge in [0.05, 0.1) is 13.7 Å². The molecule has 0 aliphatic rings. The number of hydrogen-bond acceptors (Lipinski definition) is 4. The molecule has 0 radical (unpaired) electrons. The monoisotopic (exact) mass is 379 g/mol. The van der Waals surface area contributed by atoms with Gasteiger partial charge in [-0.2, -0.15) is 0 Å². The number of amides is 1. The Bertz CT molecular complexity index is 920. The minimum absolute atomic E-state index is 0.148. The fourth-order valence-corrected chi connectivity index (χ4v) is 2.92. The molecule has 0 saturated heterocycles. The van der Waals surface area contributed by atoms with Crippen LogP contribution in [0.4, 0.5) is 0 Å². The van der Waals surface area contributed by atoms with Gasteiger partial charge in [-0.1, -0.05) is 49.4 Å². The molecule has 28 heavy (non-hydrogen) atoms. The summed E-state index contributed by atoms with van der Waals surface area (Å²) < 4.78 is 16.8. The molecule has 1 N–H and O–H groups in total. The highest BCUT2D eigenvalue weighted by Gasteiger charge is 2.18. The minimum Gasteiger partial charge on any atom is -0.497 e. The van der Waals surface area contributed by atoms with E-state index < -0.39 is 6.10 Å². The molecule has 146 valence electrons. The van der Waals surface area contributed by atoms with Gasteiger partial charge < -0.3 is 19.5 Å². The second kappa shape index (κ2) is 9.65. The quantitative estimate of drug-likeness (QED) is 0.566. The normalized spacial score (nSPS) is 11.6. The fourth-order valence-electron chi connectivity index (χ4n) is 2.92. The van der Waals surface area contributed by atoms with Crippen molar-refractivity contribution in [3.8, 4) is 17.2 Å². The number of hydrogen-bond donors (Lipinski definition) is 1. The van der Waals surface area contributed by atoms with Crippen LogP contribution in [0, 0.1) is 0 Å². The number of fused-ring (bicyclic) bond motifs is 1.